The molecular weight excluding hydrogens is 380 g/mol. The number of ketones is 1. The molecule has 1 atom stereocenters. The maximum atomic E-state index is 12.1. The number of carbonyl (C=O) groups excluding carboxylic acids is 1. The number of halogens is 2. The van der Waals surface area contributed by atoms with Gasteiger partial charge < -0.3 is 9.52 Å². The predicted octanol–water partition coefficient (Wildman–Crippen LogP) is 3.54. The number of phenols is 1. The van der Waals surface area contributed by atoms with Crippen molar-refractivity contribution in [2.24, 2.45) is 0 Å². The SMILES string of the molecule is Cc1c(Br)c(=O)oc2c(C(=O)C(C)Br)c(O)ccc12. The standard InChI is InChI=1S/C13H10Br2O4/c1-5-7-3-4-8(16)9(11(17)6(2)14)12(7)19-13(18)10(5)15/h3-4,6,16H,1-2H3. The number of rotatable bonds is 2. The molecule has 0 aliphatic carbocycles. The van der Waals surface area contributed by atoms with Crippen molar-refractivity contribution in [2.45, 2.75) is 18.7 Å². The van der Waals surface area contributed by atoms with E-state index in [0.29, 0.717) is 15.4 Å². The van der Waals surface area contributed by atoms with Crippen LogP contribution < -0.4 is 5.63 Å². The van der Waals surface area contributed by atoms with E-state index in [2.05, 4.69) is 31.9 Å². The minimum Gasteiger partial charge on any atom is -0.507 e. The molecule has 2 rings (SSSR count). The number of hydrogen-bond donors (Lipinski definition) is 1. The van der Waals surface area contributed by atoms with Crippen LogP contribution in [0, 0.1) is 6.92 Å². The Kier molecular flexibility index (Phi) is 3.82. The molecule has 1 unspecified atom stereocenters. The molecule has 0 saturated carbocycles. The zero-order valence-corrected chi connectivity index (χ0v) is 13.3. The van der Waals surface area contributed by atoms with Crippen LogP contribution >= 0.6 is 31.9 Å². The smallest absolute Gasteiger partial charge is 0.350 e. The summed E-state index contributed by atoms with van der Waals surface area (Å²) < 4.78 is 5.47. The Hall–Kier alpha value is -1.14. The van der Waals surface area contributed by atoms with E-state index in [1.54, 1.807) is 19.9 Å². The molecule has 1 aromatic heterocycles. The molecule has 19 heavy (non-hydrogen) atoms. The topological polar surface area (TPSA) is 67.5 Å². The maximum absolute atomic E-state index is 12.1. The Morgan fingerprint density at radius 1 is 1.42 bits per heavy atom. The van der Waals surface area contributed by atoms with Gasteiger partial charge in [-0.25, -0.2) is 4.79 Å². The van der Waals surface area contributed by atoms with Crippen molar-refractivity contribution in [1.82, 2.24) is 0 Å². The van der Waals surface area contributed by atoms with Gasteiger partial charge in [-0.05, 0) is 47.5 Å². The van der Waals surface area contributed by atoms with Gasteiger partial charge in [0.05, 0.1) is 4.83 Å². The second kappa shape index (κ2) is 5.09. The van der Waals surface area contributed by atoms with Crippen LogP contribution in [0.25, 0.3) is 11.0 Å². The van der Waals surface area contributed by atoms with E-state index < -0.39 is 10.5 Å². The van der Waals surface area contributed by atoms with Crippen LogP contribution in [0.4, 0.5) is 0 Å². The third-order valence-corrected chi connectivity index (χ3v) is 4.18. The average molecular weight is 390 g/mol. The van der Waals surface area contributed by atoms with E-state index in [-0.39, 0.29) is 22.7 Å². The summed E-state index contributed by atoms with van der Waals surface area (Å²) in [7, 11) is 0. The Balaban J connectivity index is 2.95. The van der Waals surface area contributed by atoms with Crippen molar-refractivity contribution < 1.29 is 14.3 Å². The summed E-state index contributed by atoms with van der Waals surface area (Å²) in [4.78, 5) is 23.3. The number of phenolic OH excluding ortho intramolecular Hbond substituents is 1. The molecule has 0 aliphatic heterocycles. The molecule has 2 aromatic rings. The highest BCUT2D eigenvalue weighted by Crippen LogP contribution is 2.32. The van der Waals surface area contributed by atoms with Crippen LogP contribution in [0.15, 0.2) is 25.8 Å². The summed E-state index contributed by atoms with van der Waals surface area (Å²) >= 11 is 6.30. The van der Waals surface area contributed by atoms with Gasteiger partial charge in [0, 0.05) is 5.39 Å². The molecule has 100 valence electrons. The summed E-state index contributed by atoms with van der Waals surface area (Å²) in [6.07, 6.45) is 0. The highest BCUT2D eigenvalue weighted by atomic mass is 79.9. The monoisotopic (exact) mass is 388 g/mol. The molecule has 0 amide bonds. The van der Waals surface area contributed by atoms with Crippen LogP contribution in [-0.4, -0.2) is 15.7 Å². The number of aromatic hydroxyl groups is 1. The molecule has 0 fully saturated rings. The number of fused-ring (bicyclic) bond motifs is 1. The van der Waals surface area contributed by atoms with Gasteiger partial charge >= 0.3 is 5.63 Å². The van der Waals surface area contributed by atoms with Crippen molar-refractivity contribution >= 4 is 48.6 Å². The number of hydrogen-bond acceptors (Lipinski definition) is 4. The lowest BCUT2D eigenvalue weighted by molar-refractivity contribution is 0.0994. The number of carbonyl (C=O) groups is 1. The molecule has 1 aromatic carbocycles. The zero-order valence-electron chi connectivity index (χ0n) is 10.2. The Morgan fingerprint density at radius 3 is 2.63 bits per heavy atom. The number of Topliss-reactive ketones (excluding diaryl/α,β-unsaturated/α-hetero) is 1. The van der Waals surface area contributed by atoms with E-state index in [1.807, 2.05) is 0 Å². The van der Waals surface area contributed by atoms with Gasteiger partial charge in [-0.2, -0.15) is 0 Å². The first-order valence-corrected chi connectivity index (χ1v) is 7.18. The maximum Gasteiger partial charge on any atom is 0.350 e. The van der Waals surface area contributed by atoms with E-state index >= 15 is 0 Å². The van der Waals surface area contributed by atoms with Crippen molar-refractivity contribution in [1.29, 1.82) is 0 Å². The highest BCUT2D eigenvalue weighted by Gasteiger charge is 2.23. The first-order chi connectivity index (χ1) is 8.84. The molecular formula is C13H10Br2O4. The zero-order chi connectivity index (χ0) is 14.3. The molecule has 6 heteroatoms. The predicted molar refractivity (Wildman–Crippen MR) is 79.3 cm³/mol. The average Bonchev–Trinajstić information content (AvgIpc) is 2.35. The van der Waals surface area contributed by atoms with Gasteiger partial charge in [0.15, 0.2) is 11.4 Å². The van der Waals surface area contributed by atoms with E-state index in [4.69, 9.17) is 4.42 Å². The Labute approximate surface area is 125 Å². The molecule has 0 aliphatic rings. The van der Waals surface area contributed by atoms with Gasteiger partial charge in [-0.15, -0.1) is 0 Å². The van der Waals surface area contributed by atoms with Crippen molar-refractivity contribution in [2.75, 3.05) is 0 Å². The first-order valence-electron chi connectivity index (χ1n) is 5.47. The summed E-state index contributed by atoms with van der Waals surface area (Å²) in [6.45, 7) is 3.39. The van der Waals surface area contributed by atoms with Crippen LogP contribution in [0.3, 0.4) is 0 Å². The van der Waals surface area contributed by atoms with Gasteiger partial charge in [-0.3, -0.25) is 4.79 Å². The summed E-state index contributed by atoms with van der Waals surface area (Å²) in [5.74, 6) is -0.540. The minimum absolute atomic E-state index is 0.0228. The van der Waals surface area contributed by atoms with Crippen LogP contribution in [0.1, 0.15) is 22.8 Å². The van der Waals surface area contributed by atoms with E-state index in [0.717, 1.165) is 0 Å². The minimum atomic E-state index is -0.577. The Morgan fingerprint density at radius 2 is 2.05 bits per heavy atom. The van der Waals surface area contributed by atoms with Crippen molar-refractivity contribution in [3.63, 3.8) is 0 Å². The molecule has 0 spiro atoms. The number of alkyl halides is 1. The van der Waals surface area contributed by atoms with E-state index in [9.17, 15) is 14.7 Å². The molecule has 0 radical (unpaired) electrons. The lowest BCUT2D eigenvalue weighted by Crippen LogP contribution is -2.12. The summed E-state index contributed by atoms with van der Waals surface area (Å²) in [5, 5.41) is 10.5. The molecule has 0 bridgehead atoms. The fourth-order valence-corrected chi connectivity index (χ4v) is 2.34. The molecule has 1 N–H and O–H groups in total. The second-order valence-electron chi connectivity index (χ2n) is 4.15. The third-order valence-electron chi connectivity index (χ3n) is 2.85. The largest absolute Gasteiger partial charge is 0.507 e. The normalized spacial score (nSPS) is 12.6. The van der Waals surface area contributed by atoms with E-state index in [1.165, 1.54) is 6.07 Å². The van der Waals surface area contributed by atoms with Crippen LogP contribution in [0.5, 0.6) is 5.75 Å². The quantitative estimate of drug-likeness (QED) is 0.484. The molecule has 0 saturated heterocycles. The molecule has 4 nitrogen and oxygen atoms in total. The second-order valence-corrected chi connectivity index (χ2v) is 6.31. The fraction of sp³-hybridized carbons (Fsp3) is 0.231. The first kappa shape index (κ1) is 14.3. The number of aryl methyl sites for hydroxylation is 1. The van der Waals surface area contributed by atoms with Crippen LogP contribution in [0.2, 0.25) is 0 Å². The third kappa shape index (κ3) is 2.34. The van der Waals surface area contributed by atoms with Gasteiger partial charge in [0.1, 0.15) is 15.8 Å². The number of benzene rings is 1. The summed E-state index contributed by atoms with van der Waals surface area (Å²) in [5.41, 5.74) is 0.228. The van der Waals surface area contributed by atoms with Crippen LogP contribution in [-0.2, 0) is 0 Å². The summed E-state index contributed by atoms with van der Waals surface area (Å²) in [6, 6.07) is 3.04. The Bertz CT molecular complexity index is 731. The fourth-order valence-electron chi connectivity index (χ4n) is 1.82. The lowest BCUT2D eigenvalue weighted by atomic mass is 10.0. The van der Waals surface area contributed by atoms with Gasteiger partial charge in [0.25, 0.3) is 0 Å². The lowest BCUT2D eigenvalue weighted by Gasteiger charge is -2.10. The van der Waals surface area contributed by atoms with Crippen molar-refractivity contribution in [3.8, 4) is 5.75 Å². The highest BCUT2D eigenvalue weighted by molar-refractivity contribution is 9.10. The molecule has 1 heterocycles. The van der Waals surface area contributed by atoms with Crippen molar-refractivity contribution in [3.05, 3.63) is 38.2 Å². The van der Waals surface area contributed by atoms with Gasteiger partial charge in [-0.1, -0.05) is 15.9 Å². The van der Waals surface area contributed by atoms with Gasteiger partial charge in [0.2, 0.25) is 0 Å².